The molecule has 128 valence electrons. The van der Waals surface area contributed by atoms with Crippen LogP contribution in [-0.2, 0) is 13.0 Å². The van der Waals surface area contributed by atoms with Crippen molar-refractivity contribution in [3.63, 3.8) is 0 Å². The van der Waals surface area contributed by atoms with Crippen LogP contribution < -0.4 is 9.64 Å². The predicted molar refractivity (Wildman–Crippen MR) is 97.7 cm³/mol. The van der Waals surface area contributed by atoms with Gasteiger partial charge in [-0.05, 0) is 29.7 Å². The van der Waals surface area contributed by atoms with E-state index in [0.717, 1.165) is 30.9 Å². The molecule has 1 heterocycles. The van der Waals surface area contributed by atoms with Crippen molar-refractivity contribution in [2.75, 3.05) is 38.7 Å². The summed E-state index contributed by atoms with van der Waals surface area (Å²) in [6.07, 6.45) is 0.563. The number of hydrogen-bond donors (Lipinski definition) is 1. The second-order valence-corrected chi connectivity index (χ2v) is 6.61. The molecule has 2 aromatic carbocycles. The number of ether oxygens (including phenoxy) is 1. The Morgan fingerprint density at radius 1 is 1.12 bits per heavy atom. The van der Waals surface area contributed by atoms with Gasteiger partial charge in [0.05, 0.1) is 0 Å². The van der Waals surface area contributed by atoms with Gasteiger partial charge in [0.25, 0.3) is 0 Å². The minimum absolute atomic E-state index is 0.315. The minimum atomic E-state index is -0.488. The molecule has 1 unspecified atom stereocenters. The van der Waals surface area contributed by atoms with Crippen molar-refractivity contribution < 1.29 is 9.84 Å². The lowest BCUT2D eigenvalue weighted by Crippen LogP contribution is -2.38. The number of anilines is 1. The molecule has 0 saturated heterocycles. The zero-order chi connectivity index (χ0) is 16.9. The summed E-state index contributed by atoms with van der Waals surface area (Å²) < 4.78 is 5.77. The summed E-state index contributed by atoms with van der Waals surface area (Å²) in [5, 5.41) is 10.3. The van der Waals surface area contributed by atoms with Crippen molar-refractivity contribution in [2.45, 2.75) is 19.1 Å². The van der Waals surface area contributed by atoms with Gasteiger partial charge in [-0.3, -0.25) is 4.90 Å². The van der Waals surface area contributed by atoms with Crippen LogP contribution in [0.15, 0.2) is 48.5 Å². The molecular weight excluding hydrogens is 300 g/mol. The molecule has 0 bridgehead atoms. The Hall–Kier alpha value is -2.04. The molecule has 1 aliphatic heterocycles. The van der Waals surface area contributed by atoms with Crippen LogP contribution in [0.25, 0.3) is 0 Å². The Balaban J connectivity index is 1.50. The van der Waals surface area contributed by atoms with E-state index in [2.05, 4.69) is 29.2 Å². The SMILES string of the molecule is CN(C)c1cccc(OCC(O)CN2CCc3ccccc3C2)c1. The maximum Gasteiger partial charge on any atom is 0.121 e. The summed E-state index contributed by atoms with van der Waals surface area (Å²) in [5.74, 6) is 0.796. The molecule has 4 heteroatoms. The molecule has 0 fully saturated rings. The van der Waals surface area contributed by atoms with Gasteiger partial charge in [0, 0.05) is 45.5 Å². The summed E-state index contributed by atoms with van der Waals surface area (Å²) in [4.78, 5) is 4.33. The third-order valence-electron chi connectivity index (χ3n) is 4.46. The monoisotopic (exact) mass is 326 g/mol. The van der Waals surface area contributed by atoms with Crippen molar-refractivity contribution in [3.8, 4) is 5.75 Å². The van der Waals surface area contributed by atoms with Gasteiger partial charge in [-0.25, -0.2) is 0 Å². The van der Waals surface area contributed by atoms with Crippen molar-refractivity contribution in [1.82, 2.24) is 4.90 Å². The fraction of sp³-hybridized carbons (Fsp3) is 0.400. The van der Waals surface area contributed by atoms with Gasteiger partial charge in [0.1, 0.15) is 18.5 Å². The van der Waals surface area contributed by atoms with E-state index >= 15 is 0 Å². The lowest BCUT2D eigenvalue weighted by atomic mass is 10.00. The molecule has 1 atom stereocenters. The normalized spacial score (nSPS) is 15.6. The molecular formula is C20H26N2O2. The number of aliphatic hydroxyl groups excluding tert-OH is 1. The first-order valence-electron chi connectivity index (χ1n) is 8.49. The van der Waals surface area contributed by atoms with Crippen molar-refractivity contribution >= 4 is 5.69 Å². The third-order valence-corrected chi connectivity index (χ3v) is 4.46. The molecule has 0 aliphatic carbocycles. The van der Waals surface area contributed by atoms with Gasteiger partial charge in [-0.1, -0.05) is 30.3 Å². The first kappa shape index (κ1) is 16.8. The Kier molecular flexibility index (Phi) is 5.38. The van der Waals surface area contributed by atoms with E-state index in [4.69, 9.17) is 4.74 Å². The van der Waals surface area contributed by atoms with Crippen LogP contribution in [0.2, 0.25) is 0 Å². The highest BCUT2D eigenvalue weighted by molar-refractivity contribution is 5.49. The molecule has 0 spiro atoms. The summed E-state index contributed by atoms with van der Waals surface area (Å²) in [6, 6.07) is 16.5. The van der Waals surface area contributed by atoms with Crippen molar-refractivity contribution in [3.05, 3.63) is 59.7 Å². The van der Waals surface area contributed by atoms with E-state index in [1.165, 1.54) is 11.1 Å². The summed E-state index contributed by atoms with van der Waals surface area (Å²) in [7, 11) is 4.00. The summed E-state index contributed by atoms with van der Waals surface area (Å²) >= 11 is 0. The van der Waals surface area contributed by atoms with E-state index in [9.17, 15) is 5.11 Å². The topological polar surface area (TPSA) is 35.9 Å². The number of rotatable bonds is 6. The first-order chi connectivity index (χ1) is 11.6. The average Bonchev–Trinajstić information content (AvgIpc) is 2.60. The van der Waals surface area contributed by atoms with Crippen LogP contribution >= 0.6 is 0 Å². The van der Waals surface area contributed by atoms with Gasteiger partial charge >= 0.3 is 0 Å². The molecule has 0 amide bonds. The second kappa shape index (κ2) is 7.69. The second-order valence-electron chi connectivity index (χ2n) is 6.61. The molecule has 24 heavy (non-hydrogen) atoms. The van der Waals surface area contributed by atoms with E-state index in [0.29, 0.717) is 13.2 Å². The number of β-amino-alcohol motifs (C(OH)–C–C–N with tert-alkyl or cyclic N) is 1. The molecule has 0 saturated carbocycles. The quantitative estimate of drug-likeness (QED) is 0.885. The third kappa shape index (κ3) is 4.28. The fourth-order valence-corrected chi connectivity index (χ4v) is 3.10. The van der Waals surface area contributed by atoms with Crippen LogP contribution in [0.5, 0.6) is 5.75 Å². The molecule has 1 aliphatic rings. The highest BCUT2D eigenvalue weighted by Gasteiger charge is 2.18. The zero-order valence-electron chi connectivity index (χ0n) is 14.5. The Morgan fingerprint density at radius 2 is 1.92 bits per heavy atom. The number of hydrogen-bond acceptors (Lipinski definition) is 4. The van der Waals surface area contributed by atoms with Gasteiger partial charge in [-0.15, -0.1) is 0 Å². The van der Waals surface area contributed by atoms with Gasteiger partial charge in [0.2, 0.25) is 0 Å². The average molecular weight is 326 g/mol. The maximum absolute atomic E-state index is 10.3. The molecule has 1 N–H and O–H groups in total. The fourth-order valence-electron chi connectivity index (χ4n) is 3.10. The van der Waals surface area contributed by atoms with E-state index < -0.39 is 6.10 Å². The number of aliphatic hydroxyl groups is 1. The molecule has 0 aromatic heterocycles. The lowest BCUT2D eigenvalue weighted by molar-refractivity contribution is 0.0638. The van der Waals surface area contributed by atoms with Crippen molar-refractivity contribution in [1.29, 1.82) is 0 Å². The molecule has 4 nitrogen and oxygen atoms in total. The predicted octanol–water partition coefficient (Wildman–Crippen LogP) is 2.55. The highest BCUT2D eigenvalue weighted by Crippen LogP contribution is 2.20. The van der Waals surface area contributed by atoms with Gasteiger partial charge < -0.3 is 14.7 Å². The lowest BCUT2D eigenvalue weighted by Gasteiger charge is -2.30. The maximum atomic E-state index is 10.3. The van der Waals surface area contributed by atoms with Crippen molar-refractivity contribution in [2.24, 2.45) is 0 Å². The van der Waals surface area contributed by atoms with Crippen LogP contribution in [0.3, 0.4) is 0 Å². The zero-order valence-corrected chi connectivity index (χ0v) is 14.5. The smallest absolute Gasteiger partial charge is 0.121 e. The Bertz CT molecular complexity index is 672. The Labute approximate surface area is 144 Å². The van der Waals surface area contributed by atoms with Crippen LogP contribution in [0, 0.1) is 0 Å². The van der Waals surface area contributed by atoms with Gasteiger partial charge in [-0.2, -0.15) is 0 Å². The first-order valence-corrected chi connectivity index (χ1v) is 8.49. The van der Waals surface area contributed by atoms with E-state index in [1.54, 1.807) is 0 Å². The number of fused-ring (bicyclic) bond motifs is 1. The molecule has 2 aromatic rings. The van der Waals surface area contributed by atoms with Crippen LogP contribution in [-0.4, -0.2) is 49.9 Å². The summed E-state index contributed by atoms with van der Waals surface area (Å²) in [6.45, 7) is 2.85. The molecule has 3 rings (SSSR count). The highest BCUT2D eigenvalue weighted by atomic mass is 16.5. The van der Waals surface area contributed by atoms with E-state index in [-0.39, 0.29) is 0 Å². The number of benzene rings is 2. The number of nitrogens with zero attached hydrogens (tertiary/aromatic N) is 2. The largest absolute Gasteiger partial charge is 0.491 e. The minimum Gasteiger partial charge on any atom is -0.491 e. The van der Waals surface area contributed by atoms with Gasteiger partial charge in [0.15, 0.2) is 0 Å². The van der Waals surface area contributed by atoms with E-state index in [1.807, 2.05) is 43.3 Å². The summed E-state index contributed by atoms with van der Waals surface area (Å²) in [5.41, 5.74) is 3.89. The standard InChI is InChI=1S/C20H26N2O2/c1-21(2)18-8-5-9-20(12-18)24-15-19(23)14-22-11-10-16-6-3-4-7-17(16)13-22/h3-9,12,19,23H,10-11,13-15H2,1-2H3. The van der Waals surface area contributed by atoms with Crippen LogP contribution in [0.4, 0.5) is 5.69 Å². The van der Waals surface area contributed by atoms with Crippen LogP contribution in [0.1, 0.15) is 11.1 Å². The molecule has 0 radical (unpaired) electrons. The Morgan fingerprint density at radius 3 is 2.71 bits per heavy atom.